The van der Waals surface area contributed by atoms with Gasteiger partial charge in [-0.25, -0.2) is 4.79 Å². The standard InChI is InChI=1S/C30H35ClN2O8S/c1-36-12-13-41-28-22(32-30(34)33(35)21-8-6-20(31)7-9-21)14-18(15-23(28)37-2)26-10-11-27(42-26)19-16-24(38-3)29(40-5)25(17-19)39-4/h6-9,14-17,26-27,35H,10-13H2,1-5H3,(H,32,34). The maximum Gasteiger partial charge on any atom is 0.350 e. The smallest absolute Gasteiger partial charge is 0.350 e. The van der Waals surface area contributed by atoms with E-state index in [4.69, 9.17) is 40.0 Å². The van der Waals surface area contributed by atoms with Crippen molar-refractivity contribution in [1.82, 2.24) is 0 Å². The lowest BCUT2D eigenvalue weighted by Gasteiger charge is -2.22. The topological polar surface area (TPSA) is 108 Å². The summed E-state index contributed by atoms with van der Waals surface area (Å²) in [6.07, 6.45) is 1.79. The van der Waals surface area contributed by atoms with Gasteiger partial charge >= 0.3 is 6.03 Å². The van der Waals surface area contributed by atoms with E-state index in [9.17, 15) is 10.0 Å². The molecule has 1 heterocycles. The molecule has 1 fully saturated rings. The first-order valence-electron chi connectivity index (χ1n) is 13.2. The molecular weight excluding hydrogens is 584 g/mol. The molecule has 226 valence electrons. The lowest BCUT2D eigenvalue weighted by molar-refractivity contribution is 0.144. The Hall–Kier alpha value is -3.51. The number of hydroxylamine groups is 1. The Bertz CT molecular complexity index is 1350. The second-order valence-electron chi connectivity index (χ2n) is 9.31. The van der Waals surface area contributed by atoms with E-state index < -0.39 is 6.03 Å². The lowest BCUT2D eigenvalue weighted by atomic mass is 10.0. The van der Waals surface area contributed by atoms with Gasteiger partial charge in [0.25, 0.3) is 0 Å². The summed E-state index contributed by atoms with van der Waals surface area (Å²) in [6, 6.07) is 13.2. The Morgan fingerprint density at radius 1 is 0.857 bits per heavy atom. The first kappa shape index (κ1) is 31.4. The molecule has 0 saturated carbocycles. The van der Waals surface area contributed by atoms with Crippen LogP contribution in [-0.2, 0) is 4.74 Å². The minimum atomic E-state index is -0.775. The zero-order valence-corrected chi connectivity index (χ0v) is 25.7. The van der Waals surface area contributed by atoms with Crippen molar-refractivity contribution in [2.24, 2.45) is 0 Å². The van der Waals surface area contributed by atoms with Crippen LogP contribution < -0.4 is 34.1 Å². The van der Waals surface area contributed by atoms with E-state index >= 15 is 0 Å². The van der Waals surface area contributed by atoms with Crippen LogP contribution in [0.1, 0.15) is 34.5 Å². The van der Waals surface area contributed by atoms with Crippen LogP contribution in [0.5, 0.6) is 28.7 Å². The van der Waals surface area contributed by atoms with Crippen LogP contribution >= 0.6 is 23.4 Å². The Morgan fingerprint density at radius 3 is 1.93 bits per heavy atom. The van der Waals surface area contributed by atoms with E-state index in [-0.39, 0.29) is 22.8 Å². The van der Waals surface area contributed by atoms with Gasteiger partial charge in [-0.15, -0.1) is 11.8 Å². The van der Waals surface area contributed by atoms with E-state index in [1.807, 2.05) is 24.3 Å². The molecule has 2 atom stereocenters. The monoisotopic (exact) mass is 618 g/mol. The molecule has 0 bridgehead atoms. The number of nitrogens with one attached hydrogen (secondary N) is 1. The number of ether oxygens (including phenoxy) is 6. The van der Waals surface area contributed by atoms with Crippen molar-refractivity contribution in [2.45, 2.75) is 23.3 Å². The van der Waals surface area contributed by atoms with Crippen molar-refractivity contribution in [3.8, 4) is 28.7 Å². The van der Waals surface area contributed by atoms with Crippen molar-refractivity contribution in [2.75, 3.05) is 59.1 Å². The number of urea groups is 1. The molecule has 1 aliphatic rings. The Balaban J connectivity index is 1.63. The number of halogens is 1. The predicted molar refractivity (Wildman–Crippen MR) is 164 cm³/mol. The molecule has 0 spiro atoms. The van der Waals surface area contributed by atoms with Crippen molar-refractivity contribution in [3.05, 3.63) is 64.7 Å². The first-order valence-corrected chi connectivity index (χ1v) is 14.5. The molecule has 2 amide bonds. The zero-order chi connectivity index (χ0) is 30.2. The van der Waals surface area contributed by atoms with Crippen LogP contribution in [0, 0.1) is 0 Å². The Labute approximate surface area is 254 Å². The van der Waals surface area contributed by atoms with Gasteiger partial charge in [-0.1, -0.05) is 11.6 Å². The molecule has 4 rings (SSSR count). The molecule has 3 aromatic rings. The molecule has 2 unspecified atom stereocenters. The van der Waals surface area contributed by atoms with Gasteiger partial charge in [-0.05, 0) is 72.5 Å². The van der Waals surface area contributed by atoms with Gasteiger partial charge in [-0.2, -0.15) is 5.06 Å². The summed E-state index contributed by atoms with van der Waals surface area (Å²) in [7, 11) is 7.90. The Kier molecular flexibility index (Phi) is 10.9. The van der Waals surface area contributed by atoms with Crippen LogP contribution in [0.3, 0.4) is 0 Å². The summed E-state index contributed by atoms with van der Waals surface area (Å²) < 4.78 is 33.4. The molecule has 0 aromatic heterocycles. The number of rotatable bonds is 12. The number of carbonyl (C=O) groups is 1. The summed E-state index contributed by atoms with van der Waals surface area (Å²) >= 11 is 7.75. The van der Waals surface area contributed by atoms with Gasteiger partial charge in [-0.3, -0.25) is 5.21 Å². The third-order valence-electron chi connectivity index (χ3n) is 6.79. The fraction of sp³-hybridized carbons (Fsp3) is 0.367. The van der Waals surface area contributed by atoms with E-state index in [1.165, 1.54) is 12.1 Å². The molecule has 12 heteroatoms. The molecule has 0 aliphatic carbocycles. The van der Waals surface area contributed by atoms with Crippen molar-refractivity contribution >= 4 is 40.8 Å². The largest absolute Gasteiger partial charge is 0.493 e. The van der Waals surface area contributed by atoms with Crippen molar-refractivity contribution < 1.29 is 38.4 Å². The minimum Gasteiger partial charge on any atom is -0.493 e. The predicted octanol–water partition coefficient (Wildman–Crippen LogP) is 7.14. The highest BCUT2D eigenvalue weighted by Gasteiger charge is 2.31. The second-order valence-corrected chi connectivity index (χ2v) is 11.2. The fourth-order valence-electron chi connectivity index (χ4n) is 4.71. The highest BCUT2D eigenvalue weighted by Crippen LogP contribution is 2.56. The van der Waals surface area contributed by atoms with Gasteiger partial charge in [0.1, 0.15) is 6.61 Å². The highest BCUT2D eigenvalue weighted by molar-refractivity contribution is 8.00. The number of amides is 2. The lowest BCUT2D eigenvalue weighted by Crippen LogP contribution is -2.32. The number of hydrogen-bond acceptors (Lipinski definition) is 9. The summed E-state index contributed by atoms with van der Waals surface area (Å²) in [5, 5.41) is 14.6. The third kappa shape index (κ3) is 7.09. The van der Waals surface area contributed by atoms with E-state index in [2.05, 4.69) is 5.32 Å². The SMILES string of the molecule is COCCOc1c(NC(=O)N(O)c2ccc(Cl)cc2)cc(C2CCC(c3cc(OC)c(OC)c(OC)c3)S2)cc1OC. The van der Waals surface area contributed by atoms with Gasteiger partial charge in [0, 0.05) is 22.6 Å². The quantitative estimate of drug-likeness (QED) is 0.124. The van der Waals surface area contributed by atoms with Crippen LogP contribution in [0.2, 0.25) is 5.02 Å². The number of anilines is 2. The molecular formula is C30H35ClN2O8S. The van der Waals surface area contributed by atoms with Gasteiger partial charge in [0.05, 0.1) is 46.4 Å². The van der Waals surface area contributed by atoms with Gasteiger partial charge < -0.3 is 33.7 Å². The average Bonchev–Trinajstić information content (AvgIpc) is 3.51. The number of benzene rings is 3. The Morgan fingerprint density at radius 2 is 1.40 bits per heavy atom. The number of thioether (sulfide) groups is 1. The molecule has 2 N–H and O–H groups in total. The molecule has 1 aliphatic heterocycles. The third-order valence-corrected chi connectivity index (χ3v) is 8.71. The number of hydrogen-bond donors (Lipinski definition) is 2. The summed E-state index contributed by atoms with van der Waals surface area (Å²) in [5.41, 5.74) is 2.62. The minimum absolute atomic E-state index is 0.0909. The van der Waals surface area contributed by atoms with E-state index in [0.29, 0.717) is 51.1 Å². The molecule has 10 nitrogen and oxygen atoms in total. The summed E-state index contributed by atoms with van der Waals surface area (Å²) in [6.45, 7) is 0.570. The molecule has 0 radical (unpaired) electrons. The zero-order valence-electron chi connectivity index (χ0n) is 24.1. The van der Waals surface area contributed by atoms with Gasteiger partial charge in [0.15, 0.2) is 23.0 Å². The molecule has 1 saturated heterocycles. The van der Waals surface area contributed by atoms with Crippen LogP contribution in [0.15, 0.2) is 48.5 Å². The maximum absolute atomic E-state index is 13.1. The normalized spacial score (nSPS) is 16.1. The first-order chi connectivity index (χ1) is 20.3. The number of nitrogens with zero attached hydrogens (tertiary/aromatic N) is 1. The fourth-order valence-corrected chi connectivity index (χ4v) is 6.37. The molecule has 3 aromatic carbocycles. The van der Waals surface area contributed by atoms with Crippen LogP contribution in [0.4, 0.5) is 16.2 Å². The van der Waals surface area contributed by atoms with Crippen LogP contribution in [0.25, 0.3) is 0 Å². The van der Waals surface area contributed by atoms with E-state index in [1.54, 1.807) is 59.4 Å². The van der Waals surface area contributed by atoms with Crippen molar-refractivity contribution in [3.63, 3.8) is 0 Å². The number of carbonyl (C=O) groups excluding carboxylic acids is 1. The van der Waals surface area contributed by atoms with Gasteiger partial charge in [0.2, 0.25) is 5.75 Å². The number of methoxy groups -OCH3 is 5. The average molecular weight is 619 g/mol. The van der Waals surface area contributed by atoms with E-state index in [0.717, 1.165) is 24.0 Å². The summed E-state index contributed by atoms with van der Waals surface area (Å²) in [5.74, 6) is 2.55. The van der Waals surface area contributed by atoms with Crippen LogP contribution in [-0.4, -0.2) is 60.0 Å². The second kappa shape index (κ2) is 14.6. The highest BCUT2D eigenvalue weighted by atomic mass is 35.5. The maximum atomic E-state index is 13.1. The van der Waals surface area contributed by atoms with Crippen molar-refractivity contribution in [1.29, 1.82) is 0 Å². The summed E-state index contributed by atoms with van der Waals surface area (Å²) in [4.78, 5) is 13.1. The molecule has 42 heavy (non-hydrogen) atoms.